The van der Waals surface area contributed by atoms with Crippen molar-refractivity contribution in [1.29, 1.82) is 0 Å². The maximum Gasteiger partial charge on any atom is 4.00 e. The first-order chi connectivity index (χ1) is 5.20. The van der Waals surface area contributed by atoms with Crippen molar-refractivity contribution in [2.45, 2.75) is 0 Å². The molecular weight excluding hydrogens is 412 g/mol. The SMILES string of the molecule is O=C([O-])[O-].O=C([O-])[O-].O=C([O-])[O-].[Ca+2].[Ir+4]. The second-order valence-corrected chi connectivity index (χ2v) is 0.750. The Labute approximate surface area is 120 Å². The van der Waals surface area contributed by atoms with E-state index in [1.165, 1.54) is 0 Å². The minimum Gasteiger partial charge on any atom is -0.652 e. The predicted molar refractivity (Wildman–Crippen MR) is 21.9 cm³/mol. The van der Waals surface area contributed by atoms with Crippen molar-refractivity contribution in [3.63, 3.8) is 0 Å². The average molecular weight is 412 g/mol. The van der Waals surface area contributed by atoms with Crippen molar-refractivity contribution in [3.8, 4) is 0 Å². The summed E-state index contributed by atoms with van der Waals surface area (Å²) in [5.74, 6) is 0. The molecule has 0 amide bonds. The van der Waals surface area contributed by atoms with Gasteiger partial charge in [0.1, 0.15) is 0 Å². The molecule has 11 heteroatoms. The first-order valence-corrected chi connectivity index (χ1v) is 1.84. The van der Waals surface area contributed by atoms with Crippen LogP contribution < -0.4 is 30.6 Å². The Bertz CT molecular complexity index is 118. The molecule has 0 rings (SSSR count). The fourth-order valence-corrected chi connectivity index (χ4v) is 0. The molecule has 0 aliphatic heterocycles. The maximum atomic E-state index is 8.33. The third-order valence-corrected chi connectivity index (χ3v) is 0. The third kappa shape index (κ3) is 17100. The number of carboxylic acid groups (broad SMARTS) is 6. The first kappa shape index (κ1) is 29.2. The van der Waals surface area contributed by atoms with Crippen molar-refractivity contribution in [2.24, 2.45) is 0 Å². The van der Waals surface area contributed by atoms with Gasteiger partial charge in [-0.05, 0) is 18.5 Å². The smallest absolute Gasteiger partial charge is 0.652 e. The Morgan fingerprint density at radius 2 is 0.571 bits per heavy atom. The Morgan fingerprint density at radius 1 is 0.571 bits per heavy atom. The molecule has 0 N–H and O–H groups in total. The summed E-state index contributed by atoms with van der Waals surface area (Å²) in [5.41, 5.74) is 0. The molecule has 0 aromatic carbocycles. The van der Waals surface area contributed by atoms with Crippen LogP contribution in [0.4, 0.5) is 14.4 Å². The van der Waals surface area contributed by atoms with Crippen LogP contribution >= 0.6 is 0 Å². The largest absolute Gasteiger partial charge is 4.00 e. The fourth-order valence-electron chi connectivity index (χ4n) is 0. The summed E-state index contributed by atoms with van der Waals surface area (Å²) in [6.45, 7) is 0. The molecule has 1 radical (unpaired) electrons. The van der Waals surface area contributed by atoms with E-state index in [9.17, 15) is 0 Å². The molecule has 0 atom stereocenters. The zero-order valence-corrected chi connectivity index (χ0v) is 10.8. The van der Waals surface area contributed by atoms with Gasteiger partial charge in [0, 0.05) is 0 Å². The first-order valence-electron chi connectivity index (χ1n) is 1.84. The summed E-state index contributed by atoms with van der Waals surface area (Å²) in [6, 6.07) is 0. The van der Waals surface area contributed by atoms with E-state index in [2.05, 4.69) is 0 Å². The van der Waals surface area contributed by atoms with Gasteiger partial charge in [0.25, 0.3) is 0 Å². The summed E-state index contributed by atoms with van der Waals surface area (Å²) in [6.07, 6.45) is -7.00. The molecule has 0 aromatic heterocycles. The van der Waals surface area contributed by atoms with Crippen LogP contribution in [0.3, 0.4) is 0 Å². The average Bonchev–Trinajstić information content (AvgIpc) is 1.54. The predicted octanol–water partition coefficient (Wildman–Crippen LogP) is -7.72. The van der Waals surface area contributed by atoms with E-state index in [0.29, 0.717) is 0 Å². The van der Waals surface area contributed by atoms with E-state index < -0.39 is 18.5 Å². The molecule has 0 saturated heterocycles. The molecule has 9 nitrogen and oxygen atoms in total. The third-order valence-electron chi connectivity index (χ3n) is 0. The zero-order chi connectivity index (χ0) is 10.7. The van der Waals surface area contributed by atoms with E-state index in [1.807, 2.05) is 0 Å². The standard InChI is InChI=1S/3CH2O3.Ca.Ir/c3*2-1(3)4;;/h3*(H2,2,3,4);;/q;;;+2;+4/p-6. The summed E-state index contributed by atoms with van der Waals surface area (Å²) >= 11 is 0. The molecule has 0 aromatic rings. The molecule has 0 unspecified atom stereocenters. The number of carbonyl (C=O) groups excluding carboxylic acids is 3. The Kier molecular flexibility index (Phi) is 47.9. The van der Waals surface area contributed by atoms with Crippen LogP contribution in [-0.2, 0) is 20.1 Å². The number of hydrogen-bond acceptors (Lipinski definition) is 9. The summed E-state index contributed by atoms with van der Waals surface area (Å²) in [5, 5.41) is 50.0. The topological polar surface area (TPSA) is 190 Å². The summed E-state index contributed by atoms with van der Waals surface area (Å²) < 4.78 is 0. The molecule has 0 aliphatic rings. The minimum atomic E-state index is -2.33. The van der Waals surface area contributed by atoms with Gasteiger partial charge in [-0.3, -0.25) is 0 Å². The maximum absolute atomic E-state index is 8.33. The quantitative estimate of drug-likeness (QED) is 0.348. The fraction of sp³-hybridized carbons (Fsp3) is 0. The van der Waals surface area contributed by atoms with Gasteiger partial charge >= 0.3 is 57.8 Å². The van der Waals surface area contributed by atoms with Crippen molar-refractivity contribution in [1.82, 2.24) is 0 Å². The summed E-state index contributed by atoms with van der Waals surface area (Å²) in [4.78, 5) is 25.0. The molecule has 77 valence electrons. The number of carbonyl (C=O) groups is 3. The van der Waals surface area contributed by atoms with Gasteiger partial charge in [-0.15, -0.1) is 0 Å². The van der Waals surface area contributed by atoms with Crippen LogP contribution in [0.1, 0.15) is 0 Å². The molecule has 0 saturated carbocycles. The van der Waals surface area contributed by atoms with E-state index in [0.717, 1.165) is 0 Å². The number of hydrogen-bond donors (Lipinski definition) is 0. The van der Waals surface area contributed by atoms with E-state index in [-0.39, 0.29) is 57.8 Å². The monoisotopic (exact) mass is 413 g/mol. The van der Waals surface area contributed by atoms with Gasteiger partial charge in [0.15, 0.2) is 0 Å². The van der Waals surface area contributed by atoms with Gasteiger partial charge in [0.05, 0.1) is 0 Å². The normalized spacial score (nSPS) is 5.14. The van der Waals surface area contributed by atoms with E-state index in [4.69, 9.17) is 45.0 Å². The van der Waals surface area contributed by atoms with Crippen LogP contribution in [0, 0.1) is 0 Å². The van der Waals surface area contributed by atoms with Gasteiger partial charge in [-0.2, -0.15) is 0 Å². The van der Waals surface area contributed by atoms with Crippen molar-refractivity contribution < 1.29 is 65.1 Å². The van der Waals surface area contributed by atoms with Crippen LogP contribution in [0.2, 0.25) is 0 Å². The second-order valence-electron chi connectivity index (χ2n) is 0.750. The van der Waals surface area contributed by atoms with Gasteiger partial charge < -0.3 is 45.0 Å². The molecule has 0 heterocycles. The minimum absolute atomic E-state index is 0. The molecule has 0 fully saturated rings. The Morgan fingerprint density at radius 3 is 0.571 bits per heavy atom. The Balaban J connectivity index is -0.0000000270. The van der Waals surface area contributed by atoms with Gasteiger partial charge in [0.2, 0.25) is 0 Å². The van der Waals surface area contributed by atoms with Crippen LogP contribution in [0.25, 0.3) is 0 Å². The molecular formula is C3CaIrO9. The Hall–Kier alpha value is -0.281. The van der Waals surface area contributed by atoms with E-state index in [1.54, 1.807) is 0 Å². The van der Waals surface area contributed by atoms with Crippen molar-refractivity contribution >= 4 is 56.2 Å². The van der Waals surface area contributed by atoms with Gasteiger partial charge in [-0.25, -0.2) is 0 Å². The van der Waals surface area contributed by atoms with E-state index >= 15 is 0 Å². The van der Waals surface area contributed by atoms with Crippen LogP contribution in [0.15, 0.2) is 0 Å². The van der Waals surface area contributed by atoms with Crippen molar-refractivity contribution in [3.05, 3.63) is 0 Å². The molecule has 0 bridgehead atoms. The second kappa shape index (κ2) is 23.0. The van der Waals surface area contributed by atoms with Crippen LogP contribution in [-0.4, -0.2) is 56.2 Å². The van der Waals surface area contributed by atoms with Crippen molar-refractivity contribution in [2.75, 3.05) is 0 Å². The van der Waals surface area contributed by atoms with Crippen LogP contribution in [0.5, 0.6) is 0 Å². The summed E-state index contributed by atoms with van der Waals surface area (Å²) in [7, 11) is 0. The molecule has 0 spiro atoms. The zero-order valence-electron chi connectivity index (χ0n) is 6.21. The molecule has 0 aliphatic carbocycles. The molecule has 14 heavy (non-hydrogen) atoms. The number of rotatable bonds is 0. The van der Waals surface area contributed by atoms with Gasteiger partial charge in [-0.1, -0.05) is 0 Å².